The van der Waals surface area contributed by atoms with Crippen molar-refractivity contribution < 1.29 is 8.42 Å². The molecule has 3 aromatic rings. The molecule has 0 aliphatic carbocycles. The summed E-state index contributed by atoms with van der Waals surface area (Å²) in [6.45, 7) is 6.94. The first kappa shape index (κ1) is 19.1. The monoisotopic (exact) mass is 395 g/mol. The molecule has 1 aromatic heterocycles. The first-order chi connectivity index (χ1) is 13.4. The van der Waals surface area contributed by atoms with Crippen molar-refractivity contribution in [3.63, 3.8) is 0 Å². The quantitative estimate of drug-likeness (QED) is 0.680. The van der Waals surface area contributed by atoms with E-state index in [0.717, 1.165) is 34.3 Å². The summed E-state index contributed by atoms with van der Waals surface area (Å²) in [5, 5.41) is 1.13. The molecule has 0 saturated carbocycles. The lowest BCUT2D eigenvalue weighted by Gasteiger charge is -2.34. The molecule has 0 bridgehead atoms. The maximum Gasteiger partial charge on any atom is 0.243 e. The number of hydrogen-bond donors (Lipinski definition) is 0. The van der Waals surface area contributed by atoms with Gasteiger partial charge in [-0.15, -0.1) is 0 Å². The van der Waals surface area contributed by atoms with E-state index in [-0.39, 0.29) is 0 Å². The highest BCUT2D eigenvalue weighted by Crippen LogP contribution is 2.23. The third-order valence-electron chi connectivity index (χ3n) is 5.33. The van der Waals surface area contributed by atoms with Crippen molar-refractivity contribution in [2.75, 3.05) is 26.2 Å². The van der Waals surface area contributed by atoms with Crippen LogP contribution >= 0.6 is 0 Å². The van der Waals surface area contributed by atoms with Gasteiger partial charge in [-0.25, -0.2) is 8.42 Å². The van der Waals surface area contributed by atoms with Crippen molar-refractivity contribution >= 4 is 20.9 Å². The highest BCUT2D eigenvalue weighted by molar-refractivity contribution is 7.89. The number of hydrogen-bond acceptors (Lipinski definition) is 4. The molecule has 2 aromatic carbocycles. The Bertz CT molecular complexity index is 1100. The highest BCUT2D eigenvalue weighted by atomic mass is 32.2. The Balaban J connectivity index is 1.44. The highest BCUT2D eigenvalue weighted by Gasteiger charge is 2.29. The Morgan fingerprint density at radius 1 is 0.929 bits per heavy atom. The lowest BCUT2D eigenvalue weighted by Crippen LogP contribution is -2.48. The number of pyridine rings is 1. The number of fused-ring (bicyclic) bond motifs is 1. The van der Waals surface area contributed by atoms with Gasteiger partial charge in [-0.1, -0.05) is 36.4 Å². The SMILES string of the molecule is Cc1ccc(C)c(S(=O)(=O)N2CCN(Cc3ccc4ccccc4n3)CC2)c1. The summed E-state index contributed by atoms with van der Waals surface area (Å²) in [4.78, 5) is 7.43. The standard InChI is InChI=1S/C22H25N3O2S/c1-17-7-8-18(2)22(15-17)28(26,27)25-13-11-24(12-14-25)16-20-10-9-19-5-3-4-6-21(19)23-20/h3-10,15H,11-14,16H2,1-2H3. The summed E-state index contributed by atoms with van der Waals surface area (Å²) in [6.07, 6.45) is 0. The Kier molecular flexibility index (Phi) is 5.19. The van der Waals surface area contributed by atoms with Crippen LogP contribution in [-0.2, 0) is 16.6 Å². The Labute approximate surface area is 166 Å². The van der Waals surface area contributed by atoms with Gasteiger partial charge in [0.25, 0.3) is 0 Å². The fourth-order valence-electron chi connectivity index (χ4n) is 3.68. The van der Waals surface area contributed by atoms with Gasteiger partial charge >= 0.3 is 0 Å². The van der Waals surface area contributed by atoms with Gasteiger partial charge in [0.1, 0.15) is 0 Å². The summed E-state index contributed by atoms with van der Waals surface area (Å²) in [5.41, 5.74) is 3.78. The lowest BCUT2D eigenvalue weighted by molar-refractivity contribution is 0.180. The molecule has 5 nitrogen and oxygen atoms in total. The van der Waals surface area contributed by atoms with Crippen LogP contribution in [0.3, 0.4) is 0 Å². The van der Waals surface area contributed by atoms with Crippen molar-refractivity contribution in [3.05, 3.63) is 71.4 Å². The number of benzene rings is 2. The van der Waals surface area contributed by atoms with Crippen LogP contribution in [0.4, 0.5) is 0 Å². The number of aromatic nitrogens is 1. The Hall–Kier alpha value is -2.28. The van der Waals surface area contributed by atoms with E-state index in [1.807, 2.05) is 44.2 Å². The summed E-state index contributed by atoms with van der Waals surface area (Å²) < 4.78 is 27.7. The number of nitrogens with zero attached hydrogens (tertiary/aromatic N) is 3. The average molecular weight is 396 g/mol. The topological polar surface area (TPSA) is 53.5 Å². The number of sulfonamides is 1. The number of rotatable bonds is 4. The fourth-order valence-corrected chi connectivity index (χ4v) is 5.41. The van der Waals surface area contributed by atoms with Gasteiger partial charge in [-0.05, 0) is 43.2 Å². The minimum Gasteiger partial charge on any atom is -0.295 e. The molecule has 0 unspecified atom stereocenters. The molecule has 1 aliphatic heterocycles. The third kappa shape index (κ3) is 3.81. The first-order valence-electron chi connectivity index (χ1n) is 9.58. The van der Waals surface area contributed by atoms with Crippen LogP contribution in [0, 0.1) is 13.8 Å². The van der Waals surface area contributed by atoms with Gasteiger partial charge in [0.05, 0.1) is 16.1 Å². The van der Waals surface area contributed by atoms with Crippen molar-refractivity contribution in [2.45, 2.75) is 25.3 Å². The predicted octanol–water partition coefficient (Wildman–Crippen LogP) is 3.36. The number of para-hydroxylation sites is 1. The molecule has 28 heavy (non-hydrogen) atoms. The van der Waals surface area contributed by atoms with Crippen LogP contribution in [0.5, 0.6) is 0 Å². The molecule has 0 amide bonds. The predicted molar refractivity (Wildman–Crippen MR) is 112 cm³/mol. The van der Waals surface area contributed by atoms with E-state index >= 15 is 0 Å². The number of aryl methyl sites for hydroxylation is 2. The smallest absolute Gasteiger partial charge is 0.243 e. The minimum atomic E-state index is -3.45. The van der Waals surface area contributed by atoms with Crippen LogP contribution in [0.2, 0.25) is 0 Å². The van der Waals surface area contributed by atoms with Gasteiger partial charge in [0, 0.05) is 38.1 Å². The summed E-state index contributed by atoms with van der Waals surface area (Å²) in [7, 11) is -3.45. The molecule has 146 valence electrons. The van der Waals surface area contributed by atoms with Gasteiger partial charge < -0.3 is 0 Å². The van der Waals surface area contributed by atoms with E-state index in [1.54, 1.807) is 10.4 Å². The van der Waals surface area contributed by atoms with Gasteiger partial charge in [0.15, 0.2) is 0 Å². The van der Waals surface area contributed by atoms with E-state index in [2.05, 4.69) is 23.1 Å². The maximum atomic E-state index is 13.1. The Morgan fingerprint density at radius 2 is 1.68 bits per heavy atom. The van der Waals surface area contributed by atoms with Crippen molar-refractivity contribution in [3.8, 4) is 0 Å². The van der Waals surface area contributed by atoms with Crippen molar-refractivity contribution in [2.24, 2.45) is 0 Å². The zero-order valence-corrected chi connectivity index (χ0v) is 17.1. The zero-order valence-electron chi connectivity index (χ0n) is 16.3. The molecular formula is C22H25N3O2S. The zero-order chi connectivity index (χ0) is 19.7. The normalized spacial score (nSPS) is 16.5. The molecule has 1 fully saturated rings. The van der Waals surface area contributed by atoms with Gasteiger partial charge in [0.2, 0.25) is 10.0 Å². The average Bonchev–Trinajstić information content (AvgIpc) is 2.70. The molecule has 4 rings (SSSR count). The molecule has 0 radical (unpaired) electrons. The molecule has 0 N–H and O–H groups in total. The maximum absolute atomic E-state index is 13.1. The minimum absolute atomic E-state index is 0.428. The van der Waals surface area contributed by atoms with E-state index in [4.69, 9.17) is 4.98 Å². The lowest BCUT2D eigenvalue weighted by atomic mass is 10.2. The van der Waals surface area contributed by atoms with Crippen molar-refractivity contribution in [1.29, 1.82) is 0 Å². The van der Waals surface area contributed by atoms with Crippen LogP contribution in [-0.4, -0.2) is 48.8 Å². The van der Waals surface area contributed by atoms with E-state index < -0.39 is 10.0 Å². The summed E-state index contributed by atoms with van der Waals surface area (Å²) in [6, 6.07) is 17.8. The van der Waals surface area contributed by atoms with Crippen LogP contribution < -0.4 is 0 Å². The molecule has 1 aliphatic rings. The van der Waals surface area contributed by atoms with E-state index in [9.17, 15) is 8.42 Å². The van der Waals surface area contributed by atoms with E-state index in [1.165, 1.54) is 0 Å². The van der Waals surface area contributed by atoms with Gasteiger partial charge in [-0.2, -0.15) is 4.31 Å². The molecular weight excluding hydrogens is 370 g/mol. The number of piperazine rings is 1. The first-order valence-corrected chi connectivity index (χ1v) is 11.0. The molecule has 2 heterocycles. The van der Waals surface area contributed by atoms with Crippen LogP contribution in [0.15, 0.2) is 59.5 Å². The van der Waals surface area contributed by atoms with E-state index in [0.29, 0.717) is 31.1 Å². The largest absolute Gasteiger partial charge is 0.295 e. The second-order valence-corrected chi connectivity index (χ2v) is 9.35. The second kappa shape index (κ2) is 7.62. The summed E-state index contributed by atoms with van der Waals surface area (Å²) >= 11 is 0. The Morgan fingerprint density at radius 3 is 2.46 bits per heavy atom. The molecule has 6 heteroatoms. The molecule has 0 atom stereocenters. The van der Waals surface area contributed by atoms with Gasteiger partial charge in [-0.3, -0.25) is 9.88 Å². The summed E-state index contributed by atoms with van der Waals surface area (Å²) in [5.74, 6) is 0. The molecule has 0 spiro atoms. The fraction of sp³-hybridized carbons (Fsp3) is 0.318. The van der Waals surface area contributed by atoms with Crippen molar-refractivity contribution in [1.82, 2.24) is 14.2 Å². The van der Waals surface area contributed by atoms with Crippen LogP contribution in [0.25, 0.3) is 10.9 Å². The molecule has 1 saturated heterocycles. The second-order valence-electron chi connectivity index (χ2n) is 7.44. The third-order valence-corrected chi connectivity index (χ3v) is 7.38. The van der Waals surface area contributed by atoms with Crippen LogP contribution in [0.1, 0.15) is 16.8 Å².